The lowest BCUT2D eigenvalue weighted by atomic mass is 10.0. The third-order valence-electron chi connectivity index (χ3n) is 3.70. The highest BCUT2D eigenvalue weighted by Gasteiger charge is 2.30. The fourth-order valence-electron chi connectivity index (χ4n) is 2.67. The third-order valence-corrected chi connectivity index (χ3v) is 3.70. The lowest BCUT2D eigenvalue weighted by molar-refractivity contribution is -0.125. The zero-order valence-corrected chi connectivity index (χ0v) is 9.78. The van der Waals surface area contributed by atoms with Crippen LogP contribution in [-0.4, -0.2) is 31.2 Å². The van der Waals surface area contributed by atoms with Gasteiger partial charge in [0.05, 0.1) is 12.0 Å². The highest BCUT2D eigenvalue weighted by Crippen LogP contribution is 2.24. The first-order chi connectivity index (χ1) is 7.77. The van der Waals surface area contributed by atoms with E-state index in [1.165, 1.54) is 0 Å². The average Bonchev–Trinajstić information content (AvgIpc) is 2.88. The van der Waals surface area contributed by atoms with Crippen molar-refractivity contribution in [1.82, 2.24) is 5.32 Å². The number of nitrogens with two attached hydrogens (primary N) is 1. The van der Waals surface area contributed by atoms with Crippen LogP contribution in [0.5, 0.6) is 0 Å². The van der Waals surface area contributed by atoms with Crippen molar-refractivity contribution in [3.05, 3.63) is 0 Å². The van der Waals surface area contributed by atoms with E-state index in [9.17, 15) is 4.79 Å². The van der Waals surface area contributed by atoms with Gasteiger partial charge in [0, 0.05) is 19.2 Å². The monoisotopic (exact) mass is 226 g/mol. The number of carbonyl (C=O) groups is 1. The van der Waals surface area contributed by atoms with E-state index in [0.29, 0.717) is 6.10 Å². The van der Waals surface area contributed by atoms with Gasteiger partial charge in [-0.3, -0.25) is 4.79 Å². The first-order valence-corrected chi connectivity index (χ1v) is 6.42. The zero-order chi connectivity index (χ0) is 11.4. The molecule has 3 unspecified atom stereocenters. The van der Waals surface area contributed by atoms with E-state index in [1.807, 2.05) is 0 Å². The molecule has 0 radical (unpaired) electrons. The molecule has 3 atom stereocenters. The number of hydrogen-bond donors (Lipinski definition) is 2. The first-order valence-electron chi connectivity index (χ1n) is 6.42. The minimum absolute atomic E-state index is 0.0458. The molecule has 2 aliphatic rings. The number of nitrogens with one attached hydrogen (secondary N) is 1. The van der Waals surface area contributed by atoms with Crippen LogP contribution in [0, 0.1) is 5.92 Å². The second-order valence-corrected chi connectivity index (χ2v) is 4.92. The summed E-state index contributed by atoms with van der Waals surface area (Å²) < 4.78 is 5.51. The predicted molar refractivity (Wildman–Crippen MR) is 61.9 cm³/mol. The Bertz CT molecular complexity index is 239. The summed E-state index contributed by atoms with van der Waals surface area (Å²) in [5, 5.41) is 2.98. The molecule has 2 rings (SSSR count). The normalized spacial score (nSPS) is 34.2. The number of carbonyl (C=O) groups excluding carboxylic acids is 1. The van der Waals surface area contributed by atoms with Gasteiger partial charge in [0.25, 0.3) is 0 Å². The van der Waals surface area contributed by atoms with Crippen molar-refractivity contribution in [2.75, 3.05) is 13.2 Å². The quantitative estimate of drug-likeness (QED) is 0.745. The SMILES string of the molecule is NC1CCCC1C(=O)NCCC1CCCO1. The Morgan fingerprint density at radius 1 is 1.31 bits per heavy atom. The number of hydrogen-bond acceptors (Lipinski definition) is 3. The van der Waals surface area contributed by atoms with Crippen LogP contribution in [-0.2, 0) is 9.53 Å². The molecule has 1 heterocycles. The van der Waals surface area contributed by atoms with Crippen LogP contribution in [0.2, 0.25) is 0 Å². The average molecular weight is 226 g/mol. The van der Waals surface area contributed by atoms with Crippen molar-refractivity contribution < 1.29 is 9.53 Å². The maximum absolute atomic E-state index is 11.8. The van der Waals surface area contributed by atoms with Gasteiger partial charge in [-0.15, -0.1) is 0 Å². The van der Waals surface area contributed by atoms with Gasteiger partial charge < -0.3 is 15.8 Å². The van der Waals surface area contributed by atoms with Gasteiger partial charge in [0.2, 0.25) is 5.91 Å². The number of rotatable bonds is 4. The topological polar surface area (TPSA) is 64.4 Å². The predicted octanol–water partition coefficient (Wildman–Crippen LogP) is 0.799. The van der Waals surface area contributed by atoms with Crippen LogP contribution in [0.3, 0.4) is 0 Å². The fourth-order valence-corrected chi connectivity index (χ4v) is 2.67. The summed E-state index contributed by atoms with van der Waals surface area (Å²) in [5.74, 6) is 0.187. The van der Waals surface area contributed by atoms with E-state index < -0.39 is 0 Å². The standard InChI is InChI=1S/C12H22N2O2/c13-11-5-1-4-10(11)12(15)14-7-6-9-3-2-8-16-9/h9-11H,1-8,13H2,(H,14,15). The second kappa shape index (κ2) is 5.64. The molecule has 3 N–H and O–H groups in total. The number of ether oxygens (including phenoxy) is 1. The van der Waals surface area contributed by atoms with Crippen molar-refractivity contribution in [3.8, 4) is 0 Å². The van der Waals surface area contributed by atoms with Crippen LogP contribution < -0.4 is 11.1 Å². The van der Waals surface area contributed by atoms with Gasteiger partial charge in [-0.1, -0.05) is 6.42 Å². The summed E-state index contributed by atoms with van der Waals surface area (Å²) in [7, 11) is 0. The van der Waals surface area contributed by atoms with E-state index in [1.54, 1.807) is 0 Å². The largest absolute Gasteiger partial charge is 0.378 e. The molecule has 16 heavy (non-hydrogen) atoms. The minimum atomic E-state index is 0.0458. The van der Waals surface area contributed by atoms with Crippen molar-refractivity contribution in [3.63, 3.8) is 0 Å². The molecular weight excluding hydrogens is 204 g/mol. The van der Waals surface area contributed by atoms with E-state index in [4.69, 9.17) is 10.5 Å². The molecule has 0 aromatic rings. The van der Waals surface area contributed by atoms with E-state index in [2.05, 4.69) is 5.32 Å². The van der Waals surface area contributed by atoms with E-state index in [-0.39, 0.29) is 17.9 Å². The smallest absolute Gasteiger partial charge is 0.224 e. The summed E-state index contributed by atoms with van der Waals surface area (Å²) in [4.78, 5) is 11.8. The lowest BCUT2D eigenvalue weighted by Crippen LogP contribution is -2.39. The van der Waals surface area contributed by atoms with Crippen LogP contribution in [0.15, 0.2) is 0 Å². The Balaban J connectivity index is 1.63. The van der Waals surface area contributed by atoms with E-state index >= 15 is 0 Å². The van der Waals surface area contributed by atoms with E-state index in [0.717, 1.165) is 51.7 Å². The highest BCUT2D eigenvalue weighted by atomic mass is 16.5. The Kier molecular flexibility index (Phi) is 4.18. The third kappa shape index (κ3) is 2.95. The molecule has 0 spiro atoms. The van der Waals surface area contributed by atoms with Crippen LogP contribution >= 0.6 is 0 Å². The Hall–Kier alpha value is -0.610. The maximum atomic E-state index is 11.8. The summed E-state index contributed by atoms with van der Waals surface area (Å²) >= 11 is 0. The Morgan fingerprint density at radius 3 is 2.81 bits per heavy atom. The molecule has 92 valence electrons. The maximum Gasteiger partial charge on any atom is 0.224 e. The molecular formula is C12H22N2O2. The summed E-state index contributed by atoms with van der Waals surface area (Å²) in [6, 6.07) is 0.0720. The van der Waals surface area contributed by atoms with Crippen molar-refractivity contribution in [2.45, 2.75) is 50.7 Å². The lowest BCUT2D eigenvalue weighted by Gasteiger charge is -2.16. The van der Waals surface area contributed by atoms with Gasteiger partial charge in [-0.2, -0.15) is 0 Å². The second-order valence-electron chi connectivity index (χ2n) is 4.92. The molecule has 2 fully saturated rings. The highest BCUT2D eigenvalue weighted by molar-refractivity contribution is 5.79. The van der Waals surface area contributed by atoms with Gasteiger partial charge in [-0.25, -0.2) is 0 Å². The van der Waals surface area contributed by atoms with Gasteiger partial charge in [0.1, 0.15) is 0 Å². The van der Waals surface area contributed by atoms with Gasteiger partial charge in [0.15, 0.2) is 0 Å². The molecule has 1 saturated heterocycles. The summed E-state index contributed by atoms with van der Waals surface area (Å²) in [5.41, 5.74) is 5.89. The number of amides is 1. The van der Waals surface area contributed by atoms with Crippen molar-refractivity contribution in [1.29, 1.82) is 0 Å². The molecule has 1 aliphatic heterocycles. The summed E-state index contributed by atoms with van der Waals surface area (Å²) in [6.45, 7) is 1.61. The summed E-state index contributed by atoms with van der Waals surface area (Å²) in [6.07, 6.45) is 6.62. The Labute approximate surface area is 96.9 Å². The molecule has 4 nitrogen and oxygen atoms in total. The molecule has 1 aliphatic carbocycles. The molecule has 0 aromatic carbocycles. The molecule has 4 heteroatoms. The van der Waals surface area contributed by atoms with Crippen molar-refractivity contribution in [2.24, 2.45) is 11.7 Å². The fraction of sp³-hybridized carbons (Fsp3) is 0.917. The van der Waals surface area contributed by atoms with Crippen LogP contribution in [0.1, 0.15) is 38.5 Å². The molecule has 1 saturated carbocycles. The molecule has 0 aromatic heterocycles. The first kappa shape index (κ1) is 11.9. The van der Waals surface area contributed by atoms with Crippen molar-refractivity contribution >= 4 is 5.91 Å². The Morgan fingerprint density at radius 2 is 2.19 bits per heavy atom. The van der Waals surface area contributed by atoms with Crippen LogP contribution in [0.4, 0.5) is 0 Å². The zero-order valence-electron chi connectivity index (χ0n) is 9.78. The van der Waals surface area contributed by atoms with Gasteiger partial charge in [-0.05, 0) is 32.1 Å². The van der Waals surface area contributed by atoms with Crippen LogP contribution in [0.25, 0.3) is 0 Å². The molecule has 0 bridgehead atoms. The van der Waals surface area contributed by atoms with Gasteiger partial charge >= 0.3 is 0 Å². The molecule has 1 amide bonds. The minimum Gasteiger partial charge on any atom is -0.378 e.